The van der Waals surface area contributed by atoms with E-state index in [4.69, 9.17) is 4.74 Å². The minimum atomic E-state index is 0.373. The highest BCUT2D eigenvalue weighted by Gasteiger charge is 2.08. The van der Waals surface area contributed by atoms with Crippen LogP contribution in [0.5, 0.6) is 6.01 Å². The summed E-state index contributed by atoms with van der Waals surface area (Å²) in [6.07, 6.45) is 3.04. The topological polar surface area (TPSA) is 72.0 Å². The number of ether oxygens (including phenoxy) is 1. The van der Waals surface area contributed by atoms with Crippen LogP contribution in [0.2, 0.25) is 0 Å². The fourth-order valence-electron chi connectivity index (χ4n) is 1.54. The molecule has 1 aromatic heterocycles. The summed E-state index contributed by atoms with van der Waals surface area (Å²) in [5.74, 6) is 2.78. The summed E-state index contributed by atoms with van der Waals surface area (Å²) >= 11 is 1.84. The number of nitrogens with one attached hydrogen (secondary N) is 2. The lowest BCUT2D eigenvalue weighted by Gasteiger charge is -2.12. The third-order valence-corrected chi connectivity index (χ3v) is 3.35. The Labute approximate surface area is 125 Å². The second kappa shape index (κ2) is 9.63. The third-order valence-electron chi connectivity index (χ3n) is 2.44. The van der Waals surface area contributed by atoms with Crippen LogP contribution in [0.25, 0.3) is 0 Å². The molecule has 0 spiro atoms. The van der Waals surface area contributed by atoms with Crippen molar-refractivity contribution in [2.75, 3.05) is 42.3 Å². The standard InChI is InChI=1S/C13H25N5OS/c1-5-7-19-13-17-11(14-6-2)16-12(18-13)15-8-10(3)9-20-4/h10H,5-9H2,1-4H3,(H2,14,15,16,17,18). The minimum Gasteiger partial charge on any atom is -0.463 e. The van der Waals surface area contributed by atoms with Gasteiger partial charge >= 0.3 is 6.01 Å². The van der Waals surface area contributed by atoms with Gasteiger partial charge in [-0.2, -0.15) is 26.7 Å². The Morgan fingerprint density at radius 1 is 1.15 bits per heavy atom. The van der Waals surface area contributed by atoms with Crippen molar-refractivity contribution in [3.8, 4) is 6.01 Å². The Hall–Kier alpha value is -1.24. The fourth-order valence-corrected chi connectivity index (χ4v) is 2.23. The van der Waals surface area contributed by atoms with Gasteiger partial charge in [-0.3, -0.25) is 0 Å². The lowest BCUT2D eigenvalue weighted by molar-refractivity contribution is 0.292. The van der Waals surface area contributed by atoms with Gasteiger partial charge in [0.1, 0.15) is 0 Å². The zero-order chi connectivity index (χ0) is 14.8. The molecule has 114 valence electrons. The first-order valence-electron chi connectivity index (χ1n) is 7.05. The highest BCUT2D eigenvalue weighted by atomic mass is 32.2. The quantitative estimate of drug-likeness (QED) is 0.687. The summed E-state index contributed by atoms with van der Waals surface area (Å²) in [5.41, 5.74) is 0. The number of nitrogens with zero attached hydrogens (tertiary/aromatic N) is 3. The van der Waals surface area contributed by atoms with Crippen LogP contribution in [0.4, 0.5) is 11.9 Å². The highest BCUT2D eigenvalue weighted by Crippen LogP contribution is 2.12. The zero-order valence-corrected chi connectivity index (χ0v) is 13.6. The van der Waals surface area contributed by atoms with Gasteiger partial charge in [0.05, 0.1) is 6.61 Å². The number of aromatic nitrogens is 3. The number of anilines is 2. The molecule has 7 heteroatoms. The lowest BCUT2D eigenvalue weighted by atomic mass is 10.2. The number of hydrogen-bond donors (Lipinski definition) is 2. The molecule has 1 heterocycles. The average Bonchev–Trinajstić information content (AvgIpc) is 2.43. The summed E-state index contributed by atoms with van der Waals surface area (Å²) in [4.78, 5) is 12.8. The van der Waals surface area contributed by atoms with Crippen molar-refractivity contribution in [2.24, 2.45) is 5.92 Å². The van der Waals surface area contributed by atoms with Crippen LogP contribution in [-0.4, -0.2) is 46.7 Å². The van der Waals surface area contributed by atoms with Crippen LogP contribution >= 0.6 is 11.8 Å². The van der Waals surface area contributed by atoms with Crippen LogP contribution in [0.15, 0.2) is 0 Å². The number of rotatable bonds is 10. The first-order chi connectivity index (χ1) is 9.69. The van der Waals surface area contributed by atoms with Crippen molar-refractivity contribution in [2.45, 2.75) is 27.2 Å². The van der Waals surface area contributed by atoms with E-state index >= 15 is 0 Å². The molecule has 1 aromatic rings. The van der Waals surface area contributed by atoms with Crippen molar-refractivity contribution >= 4 is 23.7 Å². The lowest BCUT2D eigenvalue weighted by Crippen LogP contribution is -2.16. The highest BCUT2D eigenvalue weighted by molar-refractivity contribution is 7.98. The molecule has 20 heavy (non-hydrogen) atoms. The van der Waals surface area contributed by atoms with Gasteiger partial charge in [0.15, 0.2) is 0 Å². The van der Waals surface area contributed by atoms with Gasteiger partial charge in [0.2, 0.25) is 11.9 Å². The fraction of sp³-hybridized carbons (Fsp3) is 0.769. The van der Waals surface area contributed by atoms with E-state index in [9.17, 15) is 0 Å². The van der Waals surface area contributed by atoms with E-state index < -0.39 is 0 Å². The number of hydrogen-bond acceptors (Lipinski definition) is 7. The first kappa shape index (κ1) is 16.8. The van der Waals surface area contributed by atoms with E-state index in [0.29, 0.717) is 30.4 Å². The molecule has 2 N–H and O–H groups in total. The first-order valence-corrected chi connectivity index (χ1v) is 8.44. The molecule has 0 saturated carbocycles. The molecule has 0 radical (unpaired) electrons. The van der Waals surface area contributed by atoms with E-state index in [0.717, 1.165) is 25.3 Å². The normalized spacial score (nSPS) is 12.0. The Morgan fingerprint density at radius 3 is 2.45 bits per heavy atom. The summed E-state index contributed by atoms with van der Waals surface area (Å²) in [6.45, 7) is 8.46. The van der Waals surface area contributed by atoms with E-state index in [-0.39, 0.29) is 0 Å². The molecule has 0 amide bonds. The molecule has 0 saturated heterocycles. The molecule has 0 bridgehead atoms. The second-order valence-electron chi connectivity index (χ2n) is 4.59. The van der Waals surface area contributed by atoms with Gasteiger partial charge in [0.25, 0.3) is 0 Å². The van der Waals surface area contributed by atoms with Crippen LogP contribution in [-0.2, 0) is 0 Å². The van der Waals surface area contributed by atoms with Gasteiger partial charge in [-0.15, -0.1) is 0 Å². The van der Waals surface area contributed by atoms with Gasteiger partial charge < -0.3 is 15.4 Å². The molecular weight excluding hydrogens is 274 g/mol. The Bertz CT molecular complexity index is 391. The van der Waals surface area contributed by atoms with Gasteiger partial charge in [-0.1, -0.05) is 13.8 Å². The molecule has 0 aliphatic heterocycles. The molecule has 6 nitrogen and oxygen atoms in total. The molecule has 0 aliphatic carbocycles. The molecule has 1 rings (SSSR count). The van der Waals surface area contributed by atoms with Crippen molar-refractivity contribution in [3.05, 3.63) is 0 Å². The monoisotopic (exact) mass is 299 g/mol. The van der Waals surface area contributed by atoms with Crippen LogP contribution in [0.1, 0.15) is 27.2 Å². The van der Waals surface area contributed by atoms with Crippen LogP contribution in [0.3, 0.4) is 0 Å². The molecule has 1 atom stereocenters. The van der Waals surface area contributed by atoms with Gasteiger partial charge in [-0.05, 0) is 31.3 Å². The maximum Gasteiger partial charge on any atom is 0.323 e. The maximum absolute atomic E-state index is 5.49. The van der Waals surface area contributed by atoms with Crippen molar-refractivity contribution < 1.29 is 4.74 Å². The Balaban J connectivity index is 2.69. The van der Waals surface area contributed by atoms with Crippen molar-refractivity contribution in [1.29, 1.82) is 0 Å². The molecular formula is C13H25N5OS. The van der Waals surface area contributed by atoms with Gasteiger partial charge in [0, 0.05) is 13.1 Å². The summed E-state index contributed by atoms with van der Waals surface area (Å²) in [6, 6.07) is 0.373. The predicted octanol–water partition coefficient (Wildman–Crippen LogP) is 2.50. The largest absolute Gasteiger partial charge is 0.463 e. The Kier molecular flexibility index (Phi) is 8.10. The molecule has 1 unspecified atom stereocenters. The van der Waals surface area contributed by atoms with Crippen LogP contribution < -0.4 is 15.4 Å². The molecule has 0 fully saturated rings. The van der Waals surface area contributed by atoms with Gasteiger partial charge in [-0.25, -0.2) is 0 Å². The third kappa shape index (κ3) is 6.27. The predicted molar refractivity (Wildman–Crippen MR) is 85.8 cm³/mol. The smallest absolute Gasteiger partial charge is 0.323 e. The summed E-state index contributed by atoms with van der Waals surface area (Å²) < 4.78 is 5.49. The Morgan fingerprint density at radius 2 is 1.85 bits per heavy atom. The van der Waals surface area contributed by atoms with E-state index in [1.807, 2.05) is 18.7 Å². The van der Waals surface area contributed by atoms with E-state index in [1.165, 1.54) is 0 Å². The van der Waals surface area contributed by atoms with Crippen LogP contribution in [0, 0.1) is 5.92 Å². The van der Waals surface area contributed by atoms with Crippen molar-refractivity contribution in [3.63, 3.8) is 0 Å². The summed E-state index contributed by atoms with van der Waals surface area (Å²) in [7, 11) is 0. The maximum atomic E-state index is 5.49. The molecule has 0 aromatic carbocycles. The SMILES string of the molecule is CCCOc1nc(NCC)nc(NCC(C)CSC)n1. The second-order valence-corrected chi connectivity index (χ2v) is 5.50. The zero-order valence-electron chi connectivity index (χ0n) is 12.8. The van der Waals surface area contributed by atoms with Crippen molar-refractivity contribution in [1.82, 2.24) is 15.0 Å². The summed E-state index contributed by atoms with van der Waals surface area (Å²) in [5, 5.41) is 6.34. The minimum absolute atomic E-state index is 0.373. The molecule has 0 aliphatic rings. The number of thioether (sulfide) groups is 1. The average molecular weight is 299 g/mol. The van der Waals surface area contributed by atoms with E-state index in [1.54, 1.807) is 0 Å². The van der Waals surface area contributed by atoms with E-state index in [2.05, 4.69) is 45.7 Å².